The maximum absolute atomic E-state index is 5.26. The van der Waals surface area contributed by atoms with Crippen molar-refractivity contribution in [1.29, 1.82) is 0 Å². The maximum Gasteiger partial charge on any atom is 0.0630 e. The smallest absolute Gasteiger partial charge is 0.0630 e. The fourth-order valence-electron chi connectivity index (χ4n) is 1.72. The number of methoxy groups -OCH3 is 1. The Kier molecular flexibility index (Phi) is 6.77. The summed E-state index contributed by atoms with van der Waals surface area (Å²) in [6, 6.07) is 6.38. The molecule has 17 heavy (non-hydrogen) atoms. The largest absolute Gasteiger partial charge is 0.383 e. The first kappa shape index (κ1) is 14.1. The Morgan fingerprint density at radius 2 is 2.29 bits per heavy atom. The van der Waals surface area contributed by atoms with Gasteiger partial charge < -0.3 is 10.1 Å². The fraction of sp³-hybridized carbons (Fsp3) is 0.615. The third kappa shape index (κ3) is 5.26. The van der Waals surface area contributed by atoms with E-state index < -0.39 is 0 Å². The molecule has 1 N–H and O–H groups in total. The highest BCUT2D eigenvalue weighted by atomic mass is 16.5. The molecule has 0 aliphatic rings. The van der Waals surface area contributed by atoms with Gasteiger partial charge in [-0.15, -0.1) is 0 Å². The Morgan fingerprint density at radius 3 is 2.88 bits per heavy atom. The van der Waals surface area contributed by atoms with Gasteiger partial charge in [-0.25, -0.2) is 0 Å². The van der Waals surface area contributed by atoms with E-state index in [0.717, 1.165) is 31.9 Å². The van der Waals surface area contributed by atoms with Crippen LogP contribution < -0.4 is 5.32 Å². The SMILES string of the molecule is CCNCC(COC)N(C)Cc1ccccn1. The van der Waals surface area contributed by atoms with Crippen molar-refractivity contribution < 1.29 is 4.74 Å². The summed E-state index contributed by atoms with van der Waals surface area (Å²) in [5, 5.41) is 3.36. The van der Waals surface area contributed by atoms with Crippen molar-refractivity contribution in [2.75, 3.05) is 33.9 Å². The molecule has 1 rings (SSSR count). The van der Waals surface area contributed by atoms with Crippen LogP contribution in [0.2, 0.25) is 0 Å². The summed E-state index contributed by atoms with van der Waals surface area (Å²) in [4.78, 5) is 6.61. The molecule has 0 saturated carbocycles. The van der Waals surface area contributed by atoms with E-state index in [4.69, 9.17) is 4.74 Å². The van der Waals surface area contributed by atoms with E-state index in [-0.39, 0.29) is 0 Å². The molecule has 1 heterocycles. The van der Waals surface area contributed by atoms with Crippen molar-refractivity contribution in [2.45, 2.75) is 19.5 Å². The van der Waals surface area contributed by atoms with Crippen molar-refractivity contribution in [2.24, 2.45) is 0 Å². The van der Waals surface area contributed by atoms with Gasteiger partial charge in [-0.05, 0) is 25.7 Å². The van der Waals surface area contributed by atoms with Crippen molar-refractivity contribution >= 4 is 0 Å². The summed E-state index contributed by atoms with van der Waals surface area (Å²) in [5.74, 6) is 0. The standard InChI is InChI=1S/C13H23N3O/c1-4-14-9-13(11-17-3)16(2)10-12-7-5-6-8-15-12/h5-8,13-14H,4,9-11H2,1-3H3. The predicted molar refractivity (Wildman–Crippen MR) is 69.9 cm³/mol. The monoisotopic (exact) mass is 237 g/mol. The Hall–Kier alpha value is -0.970. The zero-order chi connectivity index (χ0) is 12.5. The lowest BCUT2D eigenvalue weighted by atomic mass is 10.2. The van der Waals surface area contributed by atoms with E-state index >= 15 is 0 Å². The summed E-state index contributed by atoms with van der Waals surface area (Å²) in [5.41, 5.74) is 1.09. The zero-order valence-electron chi connectivity index (χ0n) is 11.0. The molecule has 1 unspecified atom stereocenters. The van der Waals surface area contributed by atoms with E-state index in [2.05, 4.69) is 29.2 Å². The van der Waals surface area contributed by atoms with Crippen LogP contribution in [0, 0.1) is 0 Å². The van der Waals surface area contributed by atoms with Gasteiger partial charge in [0.05, 0.1) is 12.3 Å². The van der Waals surface area contributed by atoms with Crippen LogP contribution in [0.25, 0.3) is 0 Å². The van der Waals surface area contributed by atoms with Gasteiger partial charge in [-0.1, -0.05) is 13.0 Å². The summed E-state index contributed by atoms with van der Waals surface area (Å²) in [7, 11) is 3.85. The van der Waals surface area contributed by atoms with Gasteiger partial charge in [0, 0.05) is 32.4 Å². The minimum Gasteiger partial charge on any atom is -0.383 e. The van der Waals surface area contributed by atoms with Crippen LogP contribution in [0.4, 0.5) is 0 Å². The molecule has 0 saturated heterocycles. The second-order valence-corrected chi connectivity index (χ2v) is 4.15. The number of hydrogen-bond donors (Lipinski definition) is 1. The van der Waals surface area contributed by atoms with Gasteiger partial charge in [0.1, 0.15) is 0 Å². The van der Waals surface area contributed by atoms with Crippen LogP contribution in [0.15, 0.2) is 24.4 Å². The normalized spacial score (nSPS) is 12.9. The number of nitrogens with zero attached hydrogens (tertiary/aromatic N) is 2. The summed E-state index contributed by atoms with van der Waals surface area (Å²) in [6.45, 7) is 5.62. The lowest BCUT2D eigenvalue weighted by Gasteiger charge is -2.27. The second-order valence-electron chi connectivity index (χ2n) is 4.15. The topological polar surface area (TPSA) is 37.4 Å². The van der Waals surface area contributed by atoms with Crippen LogP contribution in [-0.2, 0) is 11.3 Å². The van der Waals surface area contributed by atoms with Gasteiger partial charge >= 0.3 is 0 Å². The number of likely N-dealkylation sites (N-methyl/N-ethyl adjacent to an activating group) is 2. The molecule has 1 aromatic rings. The Bertz CT molecular complexity index is 292. The van der Waals surface area contributed by atoms with E-state index in [1.807, 2.05) is 24.4 Å². The Labute approximate surface area is 104 Å². The van der Waals surface area contributed by atoms with Crippen LogP contribution in [-0.4, -0.2) is 49.8 Å². The van der Waals surface area contributed by atoms with Crippen molar-refractivity contribution in [1.82, 2.24) is 15.2 Å². The second kappa shape index (κ2) is 8.17. The molecular weight excluding hydrogens is 214 g/mol. The van der Waals surface area contributed by atoms with E-state index in [1.165, 1.54) is 0 Å². The van der Waals surface area contributed by atoms with E-state index in [1.54, 1.807) is 7.11 Å². The van der Waals surface area contributed by atoms with Gasteiger partial charge in [0.2, 0.25) is 0 Å². The molecule has 1 atom stereocenters. The maximum atomic E-state index is 5.26. The number of hydrogen-bond acceptors (Lipinski definition) is 4. The molecule has 0 aromatic carbocycles. The first-order valence-corrected chi connectivity index (χ1v) is 6.07. The molecule has 1 aromatic heterocycles. The molecule has 0 aliphatic carbocycles. The number of aromatic nitrogens is 1. The summed E-state index contributed by atoms with van der Waals surface area (Å²) in [6.07, 6.45) is 1.83. The Morgan fingerprint density at radius 1 is 1.47 bits per heavy atom. The molecular formula is C13H23N3O. The predicted octanol–water partition coefficient (Wildman–Crippen LogP) is 1.14. The summed E-state index contributed by atoms with van der Waals surface area (Å²) < 4.78 is 5.26. The number of rotatable bonds is 8. The fourth-order valence-corrected chi connectivity index (χ4v) is 1.72. The number of nitrogens with one attached hydrogen (secondary N) is 1. The van der Waals surface area contributed by atoms with E-state index in [0.29, 0.717) is 6.04 Å². The number of ether oxygens (including phenoxy) is 1. The molecule has 0 amide bonds. The highest BCUT2D eigenvalue weighted by molar-refractivity contribution is 5.03. The molecule has 0 bridgehead atoms. The Balaban J connectivity index is 2.49. The van der Waals surface area contributed by atoms with Crippen molar-refractivity contribution in [3.8, 4) is 0 Å². The van der Waals surface area contributed by atoms with Gasteiger partial charge in [-0.3, -0.25) is 9.88 Å². The number of pyridine rings is 1. The molecule has 0 radical (unpaired) electrons. The van der Waals surface area contributed by atoms with Gasteiger partial charge in [-0.2, -0.15) is 0 Å². The molecule has 0 fully saturated rings. The highest BCUT2D eigenvalue weighted by Gasteiger charge is 2.14. The third-order valence-corrected chi connectivity index (χ3v) is 2.75. The first-order valence-electron chi connectivity index (χ1n) is 6.07. The molecule has 4 nitrogen and oxygen atoms in total. The van der Waals surface area contributed by atoms with Crippen molar-refractivity contribution in [3.05, 3.63) is 30.1 Å². The molecule has 0 aliphatic heterocycles. The average Bonchev–Trinajstić information content (AvgIpc) is 2.35. The van der Waals surface area contributed by atoms with Crippen LogP contribution in [0.5, 0.6) is 0 Å². The van der Waals surface area contributed by atoms with Gasteiger partial charge in [0.25, 0.3) is 0 Å². The van der Waals surface area contributed by atoms with E-state index in [9.17, 15) is 0 Å². The first-order chi connectivity index (χ1) is 8.27. The minimum absolute atomic E-state index is 0.377. The molecule has 4 heteroatoms. The van der Waals surface area contributed by atoms with Crippen LogP contribution in [0.3, 0.4) is 0 Å². The lowest BCUT2D eigenvalue weighted by molar-refractivity contribution is 0.101. The highest BCUT2D eigenvalue weighted by Crippen LogP contribution is 2.03. The molecule has 96 valence electrons. The molecule has 0 spiro atoms. The van der Waals surface area contributed by atoms with Crippen molar-refractivity contribution in [3.63, 3.8) is 0 Å². The average molecular weight is 237 g/mol. The minimum atomic E-state index is 0.377. The van der Waals surface area contributed by atoms with Gasteiger partial charge in [0.15, 0.2) is 0 Å². The third-order valence-electron chi connectivity index (χ3n) is 2.75. The van der Waals surface area contributed by atoms with Crippen LogP contribution >= 0.6 is 0 Å². The zero-order valence-corrected chi connectivity index (χ0v) is 11.0. The van der Waals surface area contributed by atoms with Crippen LogP contribution in [0.1, 0.15) is 12.6 Å². The quantitative estimate of drug-likeness (QED) is 0.735. The summed E-state index contributed by atoms with van der Waals surface area (Å²) >= 11 is 0. The lowest BCUT2D eigenvalue weighted by Crippen LogP contribution is -2.42.